The smallest absolute Gasteiger partial charge is 0.328 e. The van der Waals surface area contributed by atoms with Gasteiger partial charge in [0.05, 0.1) is 0 Å². The molecular formula is C19H17NO3S3. The van der Waals surface area contributed by atoms with Crippen LogP contribution in [-0.2, 0) is 9.59 Å². The minimum absolute atomic E-state index is 0.233. The van der Waals surface area contributed by atoms with Gasteiger partial charge in [-0.3, -0.25) is 4.79 Å². The number of nitrogens with one attached hydrogen (secondary N) is 1. The number of hydrogen-bond acceptors (Lipinski definition) is 5. The summed E-state index contributed by atoms with van der Waals surface area (Å²) in [6, 6.07) is 16.4. The largest absolute Gasteiger partial charge is 0.480 e. The van der Waals surface area contributed by atoms with Crippen molar-refractivity contribution in [2.45, 2.75) is 17.7 Å². The van der Waals surface area contributed by atoms with Crippen LogP contribution in [0.3, 0.4) is 0 Å². The molecule has 7 heteroatoms. The van der Waals surface area contributed by atoms with E-state index in [9.17, 15) is 14.7 Å². The summed E-state index contributed by atoms with van der Waals surface area (Å²) in [6.45, 7) is 1.24. The second-order valence-electron chi connectivity index (χ2n) is 5.63. The number of hydrogen-bond donors (Lipinski definition) is 3. The van der Waals surface area contributed by atoms with Gasteiger partial charge >= 0.3 is 5.97 Å². The lowest BCUT2D eigenvalue weighted by Crippen LogP contribution is -2.61. The maximum atomic E-state index is 12.0. The number of carbonyl (C=O) groups excluding carboxylic acids is 1. The van der Waals surface area contributed by atoms with Gasteiger partial charge in [-0.15, -0.1) is 0 Å². The Bertz CT molecular complexity index is 786. The van der Waals surface area contributed by atoms with Gasteiger partial charge in [-0.25, -0.2) is 4.79 Å². The summed E-state index contributed by atoms with van der Waals surface area (Å²) in [6.07, 6.45) is 0. The molecule has 2 rings (SSSR count). The summed E-state index contributed by atoms with van der Waals surface area (Å²) < 4.78 is -1.58. The lowest BCUT2D eigenvalue weighted by molar-refractivity contribution is -0.141. The standard InChI is InChI=1S/C19H17NO3S3/c1-12(21)20-15(18(22)23)19(26,16(24)13-8-4-2-5-9-13)17(25)14-10-6-3-7-11-14/h2-11,15,26H,1H3,(H,20,21)(H,22,23)/t15-/m1/s1. The summed E-state index contributed by atoms with van der Waals surface area (Å²) in [4.78, 5) is 24.1. The molecule has 0 spiro atoms. The number of thiol groups is 1. The second kappa shape index (κ2) is 8.53. The van der Waals surface area contributed by atoms with Gasteiger partial charge in [0.15, 0.2) is 6.04 Å². The highest BCUT2D eigenvalue weighted by atomic mass is 32.1. The zero-order valence-corrected chi connectivity index (χ0v) is 16.4. The molecule has 0 heterocycles. The molecular weight excluding hydrogens is 386 g/mol. The summed E-state index contributed by atoms with van der Waals surface area (Å²) in [5.74, 6) is -1.78. The predicted octanol–water partition coefficient (Wildman–Crippen LogP) is 3.08. The van der Waals surface area contributed by atoms with Gasteiger partial charge in [0.1, 0.15) is 4.75 Å². The highest BCUT2D eigenvalue weighted by Gasteiger charge is 2.48. The quantitative estimate of drug-likeness (QED) is 0.377. The minimum Gasteiger partial charge on any atom is -0.480 e. The van der Waals surface area contributed by atoms with Crippen LogP contribution in [0.15, 0.2) is 60.7 Å². The number of amides is 1. The average Bonchev–Trinajstić information content (AvgIpc) is 2.65. The summed E-state index contributed by atoms with van der Waals surface area (Å²) >= 11 is 15.9. The normalized spacial score (nSPS) is 12.1. The SMILES string of the molecule is CC(=O)N[C@H](C(=O)O)C(S)(C(=S)c1ccccc1)C(=S)c1ccccc1. The first-order chi connectivity index (χ1) is 12.3. The Morgan fingerprint density at radius 3 is 1.65 bits per heavy atom. The molecule has 0 unspecified atom stereocenters. The fraction of sp³-hybridized carbons (Fsp3) is 0.158. The van der Waals surface area contributed by atoms with Crippen molar-refractivity contribution in [3.63, 3.8) is 0 Å². The molecule has 2 aromatic carbocycles. The Morgan fingerprint density at radius 2 is 1.35 bits per heavy atom. The number of rotatable bonds is 7. The molecule has 1 atom stereocenters. The summed E-state index contributed by atoms with van der Waals surface area (Å²) in [5, 5.41) is 12.2. The second-order valence-corrected chi connectivity index (χ2v) is 7.15. The Balaban J connectivity index is 2.63. The van der Waals surface area contributed by atoms with Crippen molar-refractivity contribution in [1.82, 2.24) is 5.32 Å². The van der Waals surface area contributed by atoms with Crippen LogP contribution in [0.25, 0.3) is 0 Å². The summed E-state index contributed by atoms with van der Waals surface area (Å²) in [7, 11) is 0. The lowest BCUT2D eigenvalue weighted by atomic mass is 9.84. The number of carbonyl (C=O) groups is 2. The van der Waals surface area contributed by atoms with Gasteiger partial charge in [-0.1, -0.05) is 85.1 Å². The monoisotopic (exact) mass is 403 g/mol. The topological polar surface area (TPSA) is 66.4 Å². The molecule has 0 fully saturated rings. The van der Waals surface area contributed by atoms with Gasteiger partial charge < -0.3 is 10.4 Å². The van der Waals surface area contributed by atoms with Gasteiger partial charge in [0, 0.05) is 16.7 Å². The molecule has 0 bridgehead atoms. The fourth-order valence-electron chi connectivity index (χ4n) is 2.53. The van der Waals surface area contributed by atoms with E-state index in [0.717, 1.165) is 0 Å². The van der Waals surface area contributed by atoms with Crippen LogP contribution < -0.4 is 5.32 Å². The fourth-order valence-corrected chi connectivity index (χ4v) is 3.74. The minimum atomic E-state index is -1.58. The zero-order valence-electron chi connectivity index (χ0n) is 13.9. The highest BCUT2D eigenvalue weighted by molar-refractivity contribution is 7.91. The average molecular weight is 404 g/mol. The van der Waals surface area contributed by atoms with Crippen molar-refractivity contribution < 1.29 is 14.7 Å². The van der Waals surface area contributed by atoms with Crippen molar-refractivity contribution in [2.75, 3.05) is 0 Å². The number of benzene rings is 2. The maximum absolute atomic E-state index is 12.0. The molecule has 0 aromatic heterocycles. The van der Waals surface area contributed by atoms with Gasteiger partial charge in [-0.05, 0) is 11.1 Å². The highest BCUT2D eigenvalue weighted by Crippen LogP contribution is 2.32. The van der Waals surface area contributed by atoms with Gasteiger partial charge in [0.2, 0.25) is 5.91 Å². The predicted molar refractivity (Wildman–Crippen MR) is 113 cm³/mol. The summed E-state index contributed by atoms with van der Waals surface area (Å²) in [5.41, 5.74) is 1.24. The third kappa shape index (κ3) is 4.17. The van der Waals surface area contributed by atoms with Crippen LogP contribution >= 0.6 is 37.1 Å². The van der Waals surface area contributed by atoms with Crippen LogP contribution in [0.2, 0.25) is 0 Å². The molecule has 0 aliphatic rings. The third-order valence-electron chi connectivity index (χ3n) is 3.78. The third-order valence-corrected chi connectivity index (χ3v) is 5.90. The van der Waals surface area contributed by atoms with Crippen molar-refractivity contribution in [3.8, 4) is 0 Å². The lowest BCUT2D eigenvalue weighted by Gasteiger charge is -2.36. The Kier molecular flexibility index (Phi) is 6.63. The van der Waals surface area contributed by atoms with E-state index in [1.165, 1.54) is 6.92 Å². The number of carboxylic acid groups (broad SMARTS) is 1. The molecule has 0 saturated heterocycles. The van der Waals surface area contributed by atoms with Crippen LogP contribution in [0.4, 0.5) is 0 Å². The van der Waals surface area contributed by atoms with E-state index in [-0.39, 0.29) is 9.73 Å². The van der Waals surface area contributed by atoms with E-state index in [1.807, 2.05) is 12.1 Å². The van der Waals surface area contributed by atoms with E-state index in [1.54, 1.807) is 48.5 Å². The molecule has 134 valence electrons. The molecule has 0 aliphatic carbocycles. The molecule has 0 saturated carbocycles. The van der Waals surface area contributed by atoms with Crippen LogP contribution in [-0.4, -0.2) is 37.5 Å². The first kappa shape index (κ1) is 20.2. The zero-order chi connectivity index (χ0) is 19.3. The molecule has 2 N–H and O–H groups in total. The molecule has 2 aromatic rings. The van der Waals surface area contributed by atoms with Crippen molar-refractivity contribution in [2.24, 2.45) is 0 Å². The van der Waals surface area contributed by atoms with Crippen LogP contribution in [0, 0.1) is 0 Å². The van der Waals surface area contributed by atoms with Crippen LogP contribution in [0.5, 0.6) is 0 Å². The maximum Gasteiger partial charge on any atom is 0.328 e. The van der Waals surface area contributed by atoms with Crippen LogP contribution in [0.1, 0.15) is 18.1 Å². The van der Waals surface area contributed by atoms with Crippen molar-refractivity contribution in [1.29, 1.82) is 0 Å². The molecule has 0 radical (unpaired) electrons. The first-order valence-corrected chi connectivity index (χ1v) is 8.96. The Hall–Kier alpha value is -2.09. The molecule has 26 heavy (non-hydrogen) atoms. The molecule has 0 aliphatic heterocycles. The number of carboxylic acids is 1. The van der Waals surface area contributed by atoms with E-state index in [4.69, 9.17) is 24.4 Å². The first-order valence-electron chi connectivity index (χ1n) is 7.70. The van der Waals surface area contributed by atoms with Gasteiger partial charge in [-0.2, -0.15) is 12.6 Å². The van der Waals surface area contributed by atoms with Gasteiger partial charge in [0.25, 0.3) is 0 Å². The molecule has 4 nitrogen and oxygen atoms in total. The Morgan fingerprint density at radius 1 is 0.962 bits per heavy atom. The van der Waals surface area contributed by atoms with Crippen molar-refractivity contribution in [3.05, 3.63) is 71.8 Å². The Labute approximate surface area is 168 Å². The van der Waals surface area contributed by atoms with E-state index >= 15 is 0 Å². The van der Waals surface area contributed by atoms with Crippen molar-refractivity contribution >= 4 is 58.7 Å². The van der Waals surface area contributed by atoms with E-state index < -0.39 is 22.7 Å². The molecule has 1 amide bonds. The number of thiocarbonyl (C=S) groups is 2. The van der Waals surface area contributed by atoms with E-state index in [2.05, 4.69) is 17.9 Å². The number of aliphatic carboxylic acids is 1. The van der Waals surface area contributed by atoms with E-state index in [0.29, 0.717) is 11.1 Å².